The maximum Gasteiger partial charge on any atom is 0.161 e. The van der Waals surface area contributed by atoms with Gasteiger partial charge in [0.25, 0.3) is 0 Å². The predicted molar refractivity (Wildman–Crippen MR) is 68.4 cm³/mol. The number of halogens is 1. The van der Waals surface area contributed by atoms with E-state index in [-0.39, 0.29) is 5.78 Å². The molecule has 2 rings (SSSR count). The molecule has 17 heavy (non-hydrogen) atoms. The number of benzene rings is 1. The van der Waals surface area contributed by atoms with E-state index in [1.807, 2.05) is 23.9 Å². The number of hydrogen-bond donors (Lipinski definition) is 0. The second-order valence-electron chi connectivity index (χ2n) is 3.84. The van der Waals surface area contributed by atoms with Crippen molar-refractivity contribution in [3.05, 3.63) is 41.2 Å². The van der Waals surface area contributed by atoms with E-state index in [1.54, 1.807) is 18.3 Å². The molecule has 0 bridgehead atoms. The Morgan fingerprint density at radius 3 is 2.71 bits per heavy atom. The lowest BCUT2D eigenvalue weighted by molar-refractivity contribution is 0.101. The van der Waals surface area contributed by atoms with Gasteiger partial charge in [0.05, 0.1) is 11.2 Å². The van der Waals surface area contributed by atoms with Crippen molar-refractivity contribution in [3.63, 3.8) is 0 Å². The fourth-order valence-electron chi connectivity index (χ4n) is 1.67. The zero-order valence-electron chi connectivity index (χ0n) is 9.77. The minimum atomic E-state index is -0.0224. The van der Waals surface area contributed by atoms with Gasteiger partial charge in [-0.15, -0.1) is 0 Å². The molecule has 3 nitrogen and oxygen atoms in total. The fraction of sp³-hybridized carbons (Fsp3) is 0.231. The molecule has 1 heterocycles. The van der Waals surface area contributed by atoms with Gasteiger partial charge in [0, 0.05) is 23.9 Å². The van der Waals surface area contributed by atoms with E-state index in [2.05, 4.69) is 5.10 Å². The van der Waals surface area contributed by atoms with Crippen molar-refractivity contribution < 1.29 is 4.79 Å². The van der Waals surface area contributed by atoms with Crippen LogP contribution < -0.4 is 0 Å². The van der Waals surface area contributed by atoms with E-state index in [4.69, 9.17) is 11.6 Å². The largest absolute Gasteiger partial charge is 0.294 e. The molecular weight excluding hydrogens is 236 g/mol. The number of ketones is 1. The first-order valence-electron chi connectivity index (χ1n) is 5.45. The topological polar surface area (TPSA) is 34.9 Å². The molecule has 0 aliphatic carbocycles. The van der Waals surface area contributed by atoms with Gasteiger partial charge in [0.2, 0.25) is 0 Å². The lowest BCUT2D eigenvalue weighted by Crippen LogP contribution is -1.93. The van der Waals surface area contributed by atoms with E-state index in [0.717, 1.165) is 17.7 Å². The van der Waals surface area contributed by atoms with Crippen molar-refractivity contribution in [3.8, 4) is 11.1 Å². The fourth-order valence-corrected chi connectivity index (χ4v) is 1.98. The van der Waals surface area contributed by atoms with E-state index in [1.165, 1.54) is 6.92 Å². The third-order valence-electron chi connectivity index (χ3n) is 2.64. The Morgan fingerprint density at radius 1 is 1.41 bits per heavy atom. The molecule has 88 valence electrons. The Kier molecular flexibility index (Phi) is 3.29. The summed E-state index contributed by atoms with van der Waals surface area (Å²) in [6.07, 6.45) is 3.75. The van der Waals surface area contributed by atoms with Crippen LogP contribution in [0.25, 0.3) is 11.1 Å². The molecule has 2 aromatic rings. The number of carbonyl (C=O) groups is 1. The van der Waals surface area contributed by atoms with Gasteiger partial charge >= 0.3 is 0 Å². The molecule has 0 fully saturated rings. The number of hydrogen-bond acceptors (Lipinski definition) is 2. The molecule has 0 radical (unpaired) electrons. The van der Waals surface area contributed by atoms with Crippen molar-refractivity contribution in [1.82, 2.24) is 9.78 Å². The van der Waals surface area contributed by atoms with Crippen LogP contribution in [0.2, 0.25) is 5.02 Å². The highest BCUT2D eigenvalue weighted by atomic mass is 35.5. The Morgan fingerprint density at radius 2 is 2.18 bits per heavy atom. The molecule has 0 aliphatic rings. The number of rotatable bonds is 3. The Labute approximate surface area is 105 Å². The predicted octanol–water partition coefficient (Wildman–Crippen LogP) is 3.43. The van der Waals surface area contributed by atoms with Crippen LogP contribution in [0.15, 0.2) is 30.6 Å². The minimum Gasteiger partial charge on any atom is -0.294 e. The number of Topliss-reactive ketones (excluding diaryl/α,β-unsaturated/α-hetero) is 1. The lowest BCUT2D eigenvalue weighted by Gasteiger charge is -2.02. The van der Waals surface area contributed by atoms with Crippen molar-refractivity contribution in [1.29, 1.82) is 0 Å². The summed E-state index contributed by atoms with van der Waals surface area (Å²) in [5, 5.41) is 4.69. The first-order valence-corrected chi connectivity index (χ1v) is 5.83. The van der Waals surface area contributed by atoms with Crippen LogP contribution in [0.4, 0.5) is 0 Å². The van der Waals surface area contributed by atoms with Gasteiger partial charge in [0.1, 0.15) is 0 Å². The molecule has 0 N–H and O–H groups in total. The quantitative estimate of drug-likeness (QED) is 0.780. The van der Waals surface area contributed by atoms with Crippen LogP contribution in [-0.2, 0) is 6.54 Å². The molecule has 1 aromatic carbocycles. The standard InChI is InChI=1S/C13H13ClN2O/c1-3-16-8-11(7-15-16)10-4-5-12(9(2)17)13(14)6-10/h4-8H,3H2,1-2H3. The van der Waals surface area contributed by atoms with Crippen molar-refractivity contribution >= 4 is 17.4 Å². The zero-order valence-corrected chi connectivity index (χ0v) is 10.5. The van der Waals surface area contributed by atoms with Crippen molar-refractivity contribution in [2.24, 2.45) is 0 Å². The van der Waals surface area contributed by atoms with Crippen LogP contribution in [0.3, 0.4) is 0 Å². The maximum absolute atomic E-state index is 11.3. The molecular formula is C13H13ClN2O. The average molecular weight is 249 g/mol. The highest BCUT2D eigenvalue weighted by molar-refractivity contribution is 6.34. The third-order valence-corrected chi connectivity index (χ3v) is 2.95. The first-order chi connectivity index (χ1) is 8.11. The summed E-state index contributed by atoms with van der Waals surface area (Å²) < 4.78 is 1.85. The Balaban J connectivity index is 2.40. The zero-order chi connectivity index (χ0) is 12.4. The molecule has 4 heteroatoms. The minimum absolute atomic E-state index is 0.0224. The van der Waals surface area contributed by atoms with Crippen LogP contribution in [0.1, 0.15) is 24.2 Å². The van der Waals surface area contributed by atoms with E-state index >= 15 is 0 Å². The number of aromatic nitrogens is 2. The second kappa shape index (κ2) is 4.72. The molecule has 0 aliphatic heterocycles. The SMILES string of the molecule is CCn1cc(-c2ccc(C(C)=O)c(Cl)c2)cn1. The summed E-state index contributed by atoms with van der Waals surface area (Å²) in [6.45, 7) is 4.37. The van der Waals surface area contributed by atoms with Crippen LogP contribution >= 0.6 is 11.6 Å². The lowest BCUT2D eigenvalue weighted by atomic mass is 10.1. The molecule has 0 saturated heterocycles. The van der Waals surface area contributed by atoms with Crippen molar-refractivity contribution in [2.75, 3.05) is 0 Å². The Hall–Kier alpha value is -1.61. The van der Waals surface area contributed by atoms with Gasteiger partial charge in [-0.3, -0.25) is 9.48 Å². The van der Waals surface area contributed by atoms with Gasteiger partial charge in [-0.05, 0) is 31.5 Å². The van der Waals surface area contributed by atoms with E-state index < -0.39 is 0 Å². The van der Waals surface area contributed by atoms with Gasteiger partial charge in [-0.1, -0.05) is 17.7 Å². The summed E-state index contributed by atoms with van der Waals surface area (Å²) in [4.78, 5) is 11.3. The number of nitrogens with zero attached hydrogens (tertiary/aromatic N) is 2. The monoisotopic (exact) mass is 248 g/mol. The highest BCUT2D eigenvalue weighted by Crippen LogP contribution is 2.25. The number of aryl methyl sites for hydroxylation is 1. The molecule has 0 unspecified atom stereocenters. The summed E-state index contributed by atoms with van der Waals surface area (Å²) in [5.41, 5.74) is 2.53. The average Bonchev–Trinajstić information content (AvgIpc) is 2.76. The molecule has 0 spiro atoms. The summed E-state index contributed by atoms with van der Waals surface area (Å²) in [5.74, 6) is -0.0224. The highest BCUT2D eigenvalue weighted by Gasteiger charge is 2.08. The molecule has 1 aromatic heterocycles. The van der Waals surface area contributed by atoms with E-state index in [0.29, 0.717) is 10.6 Å². The van der Waals surface area contributed by atoms with Crippen LogP contribution in [0.5, 0.6) is 0 Å². The van der Waals surface area contributed by atoms with Gasteiger partial charge in [0.15, 0.2) is 5.78 Å². The number of carbonyl (C=O) groups excluding carboxylic acids is 1. The van der Waals surface area contributed by atoms with Gasteiger partial charge < -0.3 is 0 Å². The second-order valence-corrected chi connectivity index (χ2v) is 4.24. The molecule has 0 amide bonds. The van der Waals surface area contributed by atoms with Gasteiger partial charge in [-0.25, -0.2) is 0 Å². The van der Waals surface area contributed by atoms with Crippen LogP contribution in [0, 0.1) is 0 Å². The van der Waals surface area contributed by atoms with Crippen molar-refractivity contribution in [2.45, 2.75) is 20.4 Å². The summed E-state index contributed by atoms with van der Waals surface area (Å²) in [6, 6.07) is 5.44. The van der Waals surface area contributed by atoms with Gasteiger partial charge in [-0.2, -0.15) is 5.10 Å². The Bertz CT molecular complexity index is 560. The normalized spacial score (nSPS) is 10.5. The summed E-state index contributed by atoms with van der Waals surface area (Å²) in [7, 11) is 0. The maximum atomic E-state index is 11.3. The van der Waals surface area contributed by atoms with Crippen LogP contribution in [-0.4, -0.2) is 15.6 Å². The molecule has 0 atom stereocenters. The third kappa shape index (κ3) is 2.39. The molecule has 0 saturated carbocycles. The first kappa shape index (κ1) is 11.9. The smallest absolute Gasteiger partial charge is 0.161 e. The van der Waals surface area contributed by atoms with E-state index in [9.17, 15) is 4.79 Å². The summed E-state index contributed by atoms with van der Waals surface area (Å²) >= 11 is 6.07.